The lowest BCUT2D eigenvalue weighted by Crippen LogP contribution is -2.47. The molecule has 7 rings (SSSR count). The van der Waals surface area contributed by atoms with Gasteiger partial charge in [0.05, 0.1) is 29.9 Å². The number of amides is 2. The Labute approximate surface area is 330 Å². The molecule has 1 saturated heterocycles. The molecule has 294 valence electrons. The number of ether oxygens (including phenoxy) is 1. The molecule has 12 nitrogen and oxygen atoms in total. The summed E-state index contributed by atoms with van der Waals surface area (Å²) >= 11 is 0. The molecule has 0 radical (unpaired) electrons. The Balaban J connectivity index is 1.10. The Morgan fingerprint density at radius 3 is 2.44 bits per heavy atom. The molecule has 3 aromatic carbocycles. The number of likely N-dealkylation sites (N-methyl/N-ethyl adjacent to an activating group) is 2. The molecule has 0 atom stereocenters. The van der Waals surface area contributed by atoms with Crippen molar-refractivity contribution < 1.29 is 23.1 Å². The van der Waals surface area contributed by atoms with Crippen molar-refractivity contribution >= 4 is 40.5 Å². The molecule has 6 aromatic rings. The second-order valence-electron chi connectivity index (χ2n) is 13.9. The van der Waals surface area contributed by atoms with Crippen LogP contribution in [-0.4, -0.2) is 93.9 Å². The third-order valence-electron chi connectivity index (χ3n) is 10.5. The number of nitrogens with zero attached hydrogens (tertiary/aromatic N) is 7. The summed E-state index contributed by atoms with van der Waals surface area (Å²) in [5, 5.41) is 5.69. The molecule has 0 saturated carbocycles. The number of fused-ring (bicyclic) bond motifs is 1. The van der Waals surface area contributed by atoms with Gasteiger partial charge in [-0.2, -0.15) is 0 Å². The quantitative estimate of drug-likeness (QED) is 0.123. The lowest BCUT2D eigenvalue weighted by Gasteiger charge is -2.39. The van der Waals surface area contributed by atoms with Crippen molar-refractivity contribution in [2.45, 2.75) is 32.7 Å². The Hall–Kier alpha value is -6.41. The van der Waals surface area contributed by atoms with E-state index in [-0.39, 0.29) is 11.5 Å². The Morgan fingerprint density at radius 2 is 1.70 bits per heavy atom. The third kappa shape index (κ3) is 8.55. The summed E-state index contributed by atoms with van der Waals surface area (Å²) in [5.74, 6) is -1.34. The van der Waals surface area contributed by atoms with Crippen LogP contribution in [0.2, 0.25) is 0 Å². The number of hydrogen-bond acceptors (Lipinski definition) is 9. The number of para-hydroxylation sites is 1. The van der Waals surface area contributed by atoms with Gasteiger partial charge in [-0.1, -0.05) is 31.2 Å². The van der Waals surface area contributed by atoms with E-state index in [2.05, 4.69) is 38.4 Å². The van der Waals surface area contributed by atoms with Gasteiger partial charge in [0.1, 0.15) is 28.7 Å². The zero-order valence-corrected chi connectivity index (χ0v) is 32.4. The van der Waals surface area contributed by atoms with Crippen molar-refractivity contribution in [3.63, 3.8) is 0 Å². The van der Waals surface area contributed by atoms with E-state index in [4.69, 9.17) is 14.7 Å². The number of benzene rings is 3. The van der Waals surface area contributed by atoms with Crippen LogP contribution < -0.4 is 20.3 Å². The minimum absolute atomic E-state index is 0.0834. The number of pyridine rings is 1. The SMILES string of the molecule is CCN(CCN(C)C(C)=O)C1CCN(c2ccc(Nc3nccc(-c4c(-c5cccc(C(=O)Nc6c(F)cccc6F)c5)nc5ccccn45)n3)c(OC)c2)CC1. The standard InChI is InChI=1S/C43H45F2N9O3/c1-5-52(25-24-51(3)28(2)55)31-18-22-53(23-19-31)32-15-16-35(37(27-32)57-4)47-43-46-20-17-36(48-43)41-39(49-38-14-6-7-21-54(38)41)29-10-8-11-30(26-29)42(56)50-40-33(44)12-9-13-34(40)45/h6-17,20-21,26-27,31H,5,18-19,22-25H2,1-4H3,(H,50,56)(H,46,47,48). The van der Waals surface area contributed by atoms with Crippen LogP contribution in [0.25, 0.3) is 28.3 Å². The van der Waals surface area contributed by atoms with E-state index in [9.17, 15) is 18.4 Å². The van der Waals surface area contributed by atoms with Crippen LogP contribution in [0.3, 0.4) is 0 Å². The monoisotopic (exact) mass is 773 g/mol. The molecule has 57 heavy (non-hydrogen) atoms. The lowest BCUT2D eigenvalue weighted by molar-refractivity contribution is -0.127. The van der Waals surface area contributed by atoms with Gasteiger partial charge in [-0.15, -0.1) is 0 Å². The number of piperidine rings is 1. The maximum absolute atomic E-state index is 14.3. The molecule has 0 aliphatic carbocycles. The number of halogens is 2. The first-order chi connectivity index (χ1) is 27.6. The number of methoxy groups -OCH3 is 1. The topological polar surface area (TPSA) is 120 Å². The minimum atomic E-state index is -0.869. The van der Waals surface area contributed by atoms with Crippen molar-refractivity contribution in [2.75, 3.05) is 62.4 Å². The summed E-state index contributed by atoms with van der Waals surface area (Å²) in [6.07, 6.45) is 5.59. The second-order valence-corrected chi connectivity index (χ2v) is 13.9. The van der Waals surface area contributed by atoms with Crippen LogP contribution in [0, 0.1) is 11.6 Å². The number of nitrogens with one attached hydrogen (secondary N) is 2. The summed E-state index contributed by atoms with van der Waals surface area (Å²) in [5.41, 5.74) is 4.48. The molecule has 0 unspecified atom stereocenters. The number of imidazole rings is 1. The summed E-state index contributed by atoms with van der Waals surface area (Å²) in [4.78, 5) is 45.8. The van der Waals surface area contributed by atoms with E-state index < -0.39 is 23.2 Å². The summed E-state index contributed by atoms with van der Waals surface area (Å²) < 4.78 is 36.4. The van der Waals surface area contributed by atoms with Crippen molar-refractivity contribution in [1.29, 1.82) is 0 Å². The first kappa shape index (κ1) is 38.8. The molecule has 4 heterocycles. The van der Waals surface area contributed by atoms with Crippen LogP contribution in [-0.2, 0) is 4.79 Å². The molecule has 2 N–H and O–H groups in total. The van der Waals surface area contributed by atoms with Crippen molar-refractivity contribution in [3.05, 3.63) is 115 Å². The number of carbonyl (C=O) groups excluding carboxylic acids is 2. The van der Waals surface area contributed by atoms with Gasteiger partial charge in [-0.3, -0.25) is 18.9 Å². The van der Waals surface area contributed by atoms with Crippen molar-refractivity contribution in [3.8, 4) is 28.4 Å². The molecule has 14 heteroatoms. The highest BCUT2D eigenvalue weighted by Gasteiger charge is 2.25. The molecule has 1 aliphatic rings. The Bertz CT molecular complexity index is 2380. The molecular weight excluding hydrogens is 729 g/mol. The fourth-order valence-electron chi connectivity index (χ4n) is 7.23. The second kappa shape index (κ2) is 17.2. The third-order valence-corrected chi connectivity index (χ3v) is 10.5. The van der Waals surface area contributed by atoms with Gasteiger partial charge in [-0.05, 0) is 74.0 Å². The van der Waals surface area contributed by atoms with Gasteiger partial charge >= 0.3 is 0 Å². The highest BCUT2D eigenvalue weighted by atomic mass is 19.1. The first-order valence-electron chi connectivity index (χ1n) is 19.0. The molecular formula is C43H45F2N9O3. The average Bonchev–Trinajstić information content (AvgIpc) is 3.63. The zero-order chi connectivity index (χ0) is 40.1. The number of rotatable bonds is 13. The van der Waals surface area contributed by atoms with Crippen LogP contribution >= 0.6 is 0 Å². The number of carbonyl (C=O) groups is 2. The van der Waals surface area contributed by atoms with Crippen LogP contribution in [0.4, 0.5) is 31.8 Å². The molecule has 1 aliphatic heterocycles. The van der Waals surface area contributed by atoms with Crippen LogP contribution in [0.1, 0.15) is 37.0 Å². The Morgan fingerprint density at radius 1 is 0.930 bits per heavy atom. The van der Waals surface area contributed by atoms with Crippen molar-refractivity contribution in [2.24, 2.45) is 0 Å². The molecule has 0 bridgehead atoms. The van der Waals surface area contributed by atoms with E-state index in [1.165, 1.54) is 6.07 Å². The minimum Gasteiger partial charge on any atom is -0.494 e. The highest BCUT2D eigenvalue weighted by molar-refractivity contribution is 6.05. The summed E-state index contributed by atoms with van der Waals surface area (Å²) in [7, 11) is 3.48. The predicted octanol–water partition coefficient (Wildman–Crippen LogP) is 7.51. The molecule has 3 aromatic heterocycles. The predicted molar refractivity (Wildman–Crippen MR) is 218 cm³/mol. The van der Waals surface area contributed by atoms with E-state index in [0.717, 1.165) is 63.4 Å². The maximum atomic E-state index is 14.3. The normalized spacial score (nSPS) is 13.2. The molecule has 1 fully saturated rings. The first-order valence-corrected chi connectivity index (χ1v) is 19.0. The van der Waals surface area contributed by atoms with E-state index in [1.54, 1.807) is 49.4 Å². The van der Waals surface area contributed by atoms with Gasteiger partial charge < -0.3 is 25.2 Å². The number of anilines is 4. The smallest absolute Gasteiger partial charge is 0.255 e. The van der Waals surface area contributed by atoms with E-state index in [0.29, 0.717) is 51.7 Å². The van der Waals surface area contributed by atoms with E-state index in [1.807, 2.05) is 54.0 Å². The largest absolute Gasteiger partial charge is 0.494 e. The Kier molecular flexibility index (Phi) is 11.7. The maximum Gasteiger partial charge on any atom is 0.255 e. The van der Waals surface area contributed by atoms with Crippen LogP contribution in [0.15, 0.2) is 97.3 Å². The van der Waals surface area contributed by atoms with Gasteiger partial charge in [0, 0.05) is 81.5 Å². The van der Waals surface area contributed by atoms with Crippen LogP contribution in [0.5, 0.6) is 5.75 Å². The fraction of sp³-hybridized carbons (Fsp3) is 0.279. The van der Waals surface area contributed by atoms with Gasteiger partial charge in [0.25, 0.3) is 5.91 Å². The fourth-order valence-corrected chi connectivity index (χ4v) is 7.23. The number of aromatic nitrogens is 4. The highest BCUT2D eigenvalue weighted by Crippen LogP contribution is 2.35. The zero-order valence-electron chi connectivity index (χ0n) is 32.4. The van der Waals surface area contributed by atoms with Gasteiger partial charge in [0.2, 0.25) is 11.9 Å². The molecule has 2 amide bonds. The molecule has 0 spiro atoms. The van der Waals surface area contributed by atoms with Gasteiger partial charge in [0.15, 0.2) is 0 Å². The number of hydrogen-bond donors (Lipinski definition) is 2. The summed E-state index contributed by atoms with van der Waals surface area (Å²) in [6, 6.07) is 24.1. The summed E-state index contributed by atoms with van der Waals surface area (Å²) in [6.45, 7) is 8.12. The van der Waals surface area contributed by atoms with Crippen molar-refractivity contribution in [1.82, 2.24) is 29.2 Å². The lowest BCUT2D eigenvalue weighted by atomic mass is 10.0. The average molecular weight is 774 g/mol. The van der Waals surface area contributed by atoms with Gasteiger partial charge in [-0.25, -0.2) is 23.7 Å². The van der Waals surface area contributed by atoms with E-state index >= 15 is 0 Å².